The van der Waals surface area contributed by atoms with Crippen molar-refractivity contribution in [3.05, 3.63) is 0 Å². The Balaban J connectivity index is 2.60. The molecule has 0 aromatic heterocycles. The molecule has 0 radical (unpaired) electrons. The van der Waals surface area contributed by atoms with Crippen LogP contribution in [-0.4, -0.2) is 38.9 Å². The maximum atomic E-state index is 12.3. The zero-order chi connectivity index (χ0) is 14.8. The lowest BCUT2D eigenvalue weighted by atomic mass is 10.0. The summed E-state index contributed by atoms with van der Waals surface area (Å²) in [5, 5.41) is 0.920. The molecule has 4 atom stereocenters. The summed E-state index contributed by atoms with van der Waals surface area (Å²) >= 11 is 3.50. The van der Waals surface area contributed by atoms with Gasteiger partial charge in [-0.1, -0.05) is 13.8 Å². The first-order chi connectivity index (χ1) is 8.61. The van der Waals surface area contributed by atoms with Gasteiger partial charge in [0.25, 0.3) is 0 Å². The van der Waals surface area contributed by atoms with Crippen molar-refractivity contribution in [2.45, 2.75) is 62.9 Å². The van der Waals surface area contributed by atoms with Gasteiger partial charge in [-0.25, -0.2) is 0 Å². The molecule has 110 valence electrons. The van der Waals surface area contributed by atoms with Crippen LogP contribution >= 0.6 is 23.5 Å². The van der Waals surface area contributed by atoms with Crippen LogP contribution < -0.4 is 0 Å². The average molecular weight is 304 g/mol. The van der Waals surface area contributed by atoms with E-state index in [2.05, 4.69) is 13.8 Å². The smallest absolute Gasteiger partial charge is 0.316 e. The minimum absolute atomic E-state index is 0.00509. The molecule has 0 saturated carbocycles. The Bertz CT molecular complexity index is 349. The van der Waals surface area contributed by atoms with Gasteiger partial charge in [-0.15, -0.1) is 11.8 Å². The summed E-state index contributed by atoms with van der Waals surface area (Å²) < 4.78 is 5.28. The topological polar surface area (TPSA) is 43.4 Å². The second kappa shape index (κ2) is 6.53. The molecule has 5 heteroatoms. The Labute approximate surface area is 124 Å². The first-order valence-corrected chi connectivity index (χ1v) is 8.64. The fourth-order valence-electron chi connectivity index (χ4n) is 1.72. The standard InChI is InChI=1S/C14H24O3S2/c1-8(13(16)17-14(4,5)6)12(15)11-7-18-9(2)10(3)19-11/h8-11H,7H2,1-6H3. The molecule has 1 rings (SSSR count). The highest BCUT2D eigenvalue weighted by Crippen LogP contribution is 2.37. The quantitative estimate of drug-likeness (QED) is 0.592. The van der Waals surface area contributed by atoms with Crippen molar-refractivity contribution in [3.63, 3.8) is 0 Å². The molecule has 0 amide bonds. The van der Waals surface area contributed by atoms with Gasteiger partial charge in [0, 0.05) is 16.3 Å². The van der Waals surface area contributed by atoms with E-state index in [-0.39, 0.29) is 11.0 Å². The number of Topliss-reactive ketones (excluding diaryl/α,β-unsaturated/α-hetero) is 1. The van der Waals surface area contributed by atoms with Gasteiger partial charge in [0.15, 0.2) is 5.78 Å². The first kappa shape index (κ1) is 16.9. The molecule has 1 aliphatic rings. The summed E-state index contributed by atoms with van der Waals surface area (Å²) in [4.78, 5) is 24.3. The van der Waals surface area contributed by atoms with Crippen molar-refractivity contribution in [2.75, 3.05) is 5.75 Å². The Morgan fingerprint density at radius 1 is 1.21 bits per heavy atom. The minimum atomic E-state index is -0.669. The Morgan fingerprint density at radius 2 is 1.79 bits per heavy atom. The lowest BCUT2D eigenvalue weighted by Gasteiger charge is -2.31. The van der Waals surface area contributed by atoms with Crippen LogP contribution in [0.3, 0.4) is 0 Å². The van der Waals surface area contributed by atoms with Gasteiger partial charge in [-0.3, -0.25) is 9.59 Å². The van der Waals surface area contributed by atoms with E-state index < -0.39 is 17.5 Å². The number of carbonyl (C=O) groups is 2. The van der Waals surface area contributed by atoms with Gasteiger partial charge in [0.2, 0.25) is 0 Å². The van der Waals surface area contributed by atoms with E-state index in [1.807, 2.05) is 32.5 Å². The third kappa shape index (κ3) is 5.03. The van der Waals surface area contributed by atoms with Gasteiger partial charge in [0.1, 0.15) is 11.5 Å². The number of hydrogen-bond donors (Lipinski definition) is 0. The predicted molar refractivity (Wildman–Crippen MR) is 82.8 cm³/mol. The van der Waals surface area contributed by atoms with Crippen LogP contribution in [0.1, 0.15) is 41.5 Å². The first-order valence-electron chi connectivity index (χ1n) is 6.65. The van der Waals surface area contributed by atoms with Crippen molar-refractivity contribution in [3.8, 4) is 0 Å². The number of esters is 1. The van der Waals surface area contributed by atoms with Crippen LogP contribution in [0.15, 0.2) is 0 Å². The third-order valence-corrected chi connectivity index (χ3v) is 6.46. The fraction of sp³-hybridized carbons (Fsp3) is 0.857. The van der Waals surface area contributed by atoms with Gasteiger partial charge in [0.05, 0.1) is 5.25 Å². The number of rotatable bonds is 3. The second-order valence-corrected chi connectivity index (χ2v) is 9.02. The highest BCUT2D eigenvalue weighted by Gasteiger charge is 2.36. The van der Waals surface area contributed by atoms with E-state index in [1.165, 1.54) is 0 Å². The van der Waals surface area contributed by atoms with E-state index >= 15 is 0 Å². The van der Waals surface area contributed by atoms with E-state index in [1.54, 1.807) is 18.7 Å². The van der Waals surface area contributed by atoms with Crippen molar-refractivity contribution >= 4 is 35.3 Å². The molecular weight excluding hydrogens is 280 g/mol. The molecule has 1 saturated heterocycles. The van der Waals surface area contributed by atoms with Crippen LogP contribution in [0.5, 0.6) is 0 Å². The van der Waals surface area contributed by atoms with Crippen molar-refractivity contribution in [1.29, 1.82) is 0 Å². The number of carbonyl (C=O) groups excluding carboxylic acids is 2. The molecule has 4 unspecified atom stereocenters. The molecule has 0 bridgehead atoms. The lowest BCUT2D eigenvalue weighted by Crippen LogP contribution is -2.39. The zero-order valence-electron chi connectivity index (χ0n) is 12.6. The summed E-state index contributed by atoms with van der Waals surface area (Å²) in [6, 6.07) is 0. The molecule has 0 spiro atoms. The van der Waals surface area contributed by atoms with Gasteiger partial charge in [-0.2, -0.15) is 11.8 Å². The van der Waals surface area contributed by atoms with Crippen LogP contribution in [0.4, 0.5) is 0 Å². The number of ether oxygens (including phenoxy) is 1. The summed E-state index contributed by atoms with van der Waals surface area (Å²) in [6.45, 7) is 11.4. The Kier molecular flexibility index (Phi) is 5.80. The molecule has 1 heterocycles. The number of ketones is 1. The van der Waals surface area contributed by atoms with Gasteiger partial charge in [-0.05, 0) is 27.7 Å². The molecule has 1 fully saturated rings. The molecule has 19 heavy (non-hydrogen) atoms. The number of thioether (sulfide) groups is 2. The monoisotopic (exact) mass is 304 g/mol. The molecule has 0 aromatic carbocycles. The van der Waals surface area contributed by atoms with Crippen molar-refractivity contribution < 1.29 is 14.3 Å². The highest BCUT2D eigenvalue weighted by molar-refractivity contribution is 8.08. The molecular formula is C14H24O3S2. The predicted octanol–water partition coefficient (Wildman–Crippen LogP) is 3.16. The summed E-state index contributed by atoms with van der Waals surface area (Å²) in [6.07, 6.45) is 0. The van der Waals surface area contributed by atoms with E-state index in [0.717, 1.165) is 5.75 Å². The normalized spacial score (nSPS) is 29.7. The zero-order valence-corrected chi connectivity index (χ0v) is 14.2. The van der Waals surface area contributed by atoms with Gasteiger partial charge < -0.3 is 4.74 Å². The van der Waals surface area contributed by atoms with Crippen LogP contribution in [0.25, 0.3) is 0 Å². The third-order valence-electron chi connectivity index (χ3n) is 3.05. The van der Waals surface area contributed by atoms with Gasteiger partial charge >= 0.3 is 5.97 Å². The SMILES string of the molecule is CC(C(=O)OC(C)(C)C)C(=O)C1CSC(C)C(C)S1. The number of hydrogen-bond acceptors (Lipinski definition) is 5. The summed E-state index contributed by atoms with van der Waals surface area (Å²) in [5.41, 5.74) is -0.540. The molecule has 0 aromatic rings. The molecule has 1 aliphatic heterocycles. The Morgan fingerprint density at radius 3 is 2.26 bits per heavy atom. The lowest BCUT2D eigenvalue weighted by molar-refractivity contribution is -0.161. The van der Waals surface area contributed by atoms with E-state index in [4.69, 9.17) is 4.74 Å². The maximum Gasteiger partial charge on any atom is 0.316 e. The molecule has 3 nitrogen and oxygen atoms in total. The Hall–Kier alpha value is -0.160. The summed E-state index contributed by atoms with van der Waals surface area (Å²) in [5.74, 6) is -0.278. The van der Waals surface area contributed by atoms with Crippen LogP contribution in [0, 0.1) is 5.92 Å². The largest absolute Gasteiger partial charge is 0.459 e. The minimum Gasteiger partial charge on any atom is -0.459 e. The highest BCUT2D eigenvalue weighted by atomic mass is 32.2. The molecule has 0 N–H and O–H groups in total. The van der Waals surface area contributed by atoms with E-state index in [0.29, 0.717) is 10.5 Å². The van der Waals surface area contributed by atoms with Crippen LogP contribution in [0.2, 0.25) is 0 Å². The fourth-order valence-corrected chi connectivity index (χ4v) is 4.69. The van der Waals surface area contributed by atoms with Crippen molar-refractivity contribution in [2.24, 2.45) is 5.92 Å². The van der Waals surface area contributed by atoms with Crippen LogP contribution in [-0.2, 0) is 14.3 Å². The average Bonchev–Trinajstić information content (AvgIpc) is 2.28. The van der Waals surface area contributed by atoms with Crippen molar-refractivity contribution in [1.82, 2.24) is 0 Å². The summed E-state index contributed by atoms with van der Waals surface area (Å²) in [7, 11) is 0. The maximum absolute atomic E-state index is 12.3. The second-order valence-electron chi connectivity index (χ2n) is 6.03. The molecule has 0 aliphatic carbocycles. The van der Waals surface area contributed by atoms with E-state index in [9.17, 15) is 9.59 Å².